The molecule has 2 aliphatic rings. The zero-order valence-electron chi connectivity index (χ0n) is 25.8. The monoisotopic (exact) mass is 648 g/mol. The van der Waals surface area contributed by atoms with E-state index in [4.69, 9.17) is 33.5 Å². The van der Waals surface area contributed by atoms with E-state index < -0.39 is 42.3 Å². The van der Waals surface area contributed by atoms with Crippen LogP contribution in [0.4, 0.5) is 0 Å². The molecule has 2 saturated heterocycles. The Labute approximate surface area is 277 Å². The van der Waals surface area contributed by atoms with E-state index in [1.54, 1.807) is 60.7 Å². The third kappa shape index (κ3) is 7.69. The summed E-state index contributed by atoms with van der Waals surface area (Å²) in [5.74, 6) is -0.978. The summed E-state index contributed by atoms with van der Waals surface area (Å²) in [6.45, 7) is 7.85. The molecule has 10 nitrogen and oxygen atoms in total. The van der Waals surface area contributed by atoms with Gasteiger partial charge in [0.1, 0.15) is 24.6 Å². The Kier molecular flexibility index (Phi) is 10.1. The second-order valence-electron chi connectivity index (χ2n) is 11.0. The molecule has 0 aliphatic carbocycles. The molecule has 4 aromatic rings. The van der Waals surface area contributed by atoms with Gasteiger partial charge in [-0.3, -0.25) is 0 Å². The van der Waals surface area contributed by atoms with Crippen LogP contribution in [0.5, 0.6) is 11.5 Å². The summed E-state index contributed by atoms with van der Waals surface area (Å²) in [6.07, 6.45) is 0.877. The Morgan fingerprint density at radius 3 is 1.54 bits per heavy atom. The van der Waals surface area contributed by atoms with E-state index in [-0.39, 0.29) is 31.1 Å². The van der Waals surface area contributed by atoms with Gasteiger partial charge in [0.05, 0.1) is 29.9 Å². The highest BCUT2D eigenvalue weighted by atomic mass is 17.2. The van der Waals surface area contributed by atoms with Crippen LogP contribution < -0.4 is 9.62 Å². The molecule has 2 heterocycles. The Balaban J connectivity index is 0.953. The van der Waals surface area contributed by atoms with Crippen LogP contribution in [-0.4, -0.2) is 55.5 Å². The Morgan fingerprint density at radius 1 is 0.604 bits per heavy atom. The lowest BCUT2D eigenvalue weighted by Gasteiger charge is -2.17. The van der Waals surface area contributed by atoms with Gasteiger partial charge < -0.3 is 28.6 Å². The average Bonchev–Trinajstić information content (AvgIpc) is 3.72. The molecule has 4 aromatic carbocycles. The third-order valence-electron chi connectivity index (χ3n) is 7.85. The van der Waals surface area contributed by atoms with E-state index in [0.717, 1.165) is 16.7 Å². The first-order valence-electron chi connectivity index (χ1n) is 15.2. The van der Waals surface area contributed by atoms with E-state index >= 15 is 0 Å². The van der Waals surface area contributed by atoms with E-state index in [9.17, 15) is 14.4 Å². The van der Waals surface area contributed by atoms with Gasteiger partial charge in [-0.2, -0.15) is 4.89 Å². The number of hydrogen-bond acceptors (Lipinski definition) is 10. The topological polar surface area (TPSA) is 116 Å². The molecule has 0 aromatic heterocycles. The fourth-order valence-electron chi connectivity index (χ4n) is 5.18. The van der Waals surface area contributed by atoms with Crippen LogP contribution in [0, 0.1) is 0 Å². The summed E-state index contributed by atoms with van der Waals surface area (Å²) in [6, 6.07) is 26.9. The molecule has 0 spiro atoms. The highest BCUT2D eigenvalue weighted by Crippen LogP contribution is 2.32. The molecule has 10 heteroatoms. The Bertz CT molecular complexity index is 1760. The number of ether oxygens (including phenoxy) is 5. The van der Waals surface area contributed by atoms with Crippen LogP contribution >= 0.6 is 0 Å². The normalized spacial score (nSPS) is 19.5. The van der Waals surface area contributed by atoms with Gasteiger partial charge in [-0.15, -0.1) is 0 Å². The molecule has 244 valence electrons. The smallest absolute Gasteiger partial charge is 0.343 e. The predicted octanol–water partition coefficient (Wildman–Crippen LogP) is 6.25. The van der Waals surface area contributed by atoms with Crippen molar-refractivity contribution in [3.8, 4) is 11.5 Å². The molecule has 0 saturated carbocycles. The largest absolute Gasteiger partial charge is 0.453 e. The molecule has 2 aliphatic heterocycles. The average molecular weight is 649 g/mol. The van der Waals surface area contributed by atoms with Crippen molar-refractivity contribution in [1.82, 2.24) is 0 Å². The van der Waals surface area contributed by atoms with E-state index in [1.165, 1.54) is 24.3 Å². The van der Waals surface area contributed by atoms with E-state index in [2.05, 4.69) is 13.2 Å². The maximum atomic E-state index is 12.9. The molecular formula is C38H32O10. The summed E-state index contributed by atoms with van der Waals surface area (Å²) in [7, 11) is 0. The molecule has 0 N–H and O–H groups in total. The Hall–Kier alpha value is -5.55. The summed E-state index contributed by atoms with van der Waals surface area (Å²) in [5, 5.41) is 0. The van der Waals surface area contributed by atoms with Crippen molar-refractivity contribution in [2.45, 2.75) is 31.0 Å². The van der Waals surface area contributed by atoms with E-state index in [0.29, 0.717) is 16.9 Å². The number of carbonyl (C=O) groups excluding carboxylic acids is 3. The fraction of sp³-hybridized carbons (Fsp3) is 0.184. The third-order valence-corrected chi connectivity index (χ3v) is 7.85. The van der Waals surface area contributed by atoms with Crippen LogP contribution in [0.1, 0.15) is 47.8 Å². The lowest BCUT2D eigenvalue weighted by molar-refractivity contribution is -0.217. The lowest BCUT2D eigenvalue weighted by Crippen LogP contribution is -2.36. The highest BCUT2D eigenvalue weighted by molar-refractivity contribution is 5.92. The first-order valence-corrected chi connectivity index (χ1v) is 15.2. The molecule has 2 fully saturated rings. The quantitative estimate of drug-likeness (QED) is 0.0756. The molecular weight excluding hydrogens is 616 g/mol. The minimum Gasteiger partial charge on any atom is -0.453 e. The number of esters is 3. The number of hydrogen-bond donors (Lipinski definition) is 0. The zero-order valence-corrected chi connectivity index (χ0v) is 25.8. The number of rotatable bonds is 12. The van der Waals surface area contributed by atoms with Crippen molar-refractivity contribution < 1.29 is 47.8 Å². The van der Waals surface area contributed by atoms with Gasteiger partial charge >= 0.3 is 17.9 Å². The second kappa shape index (κ2) is 14.9. The molecule has 0 radical (unpaired) electrons. The predicted molar refractivity (Wildman–Crippen MR) is 174 cm³/mol. The van der Waals surface area contributed by atoms with Gasteiger partial charge in [-0.05, 0) is 77.4 Å². The van der Waals surface area contributed by atoms with Crippen LogP contribution in [0.15, 0.2) is 110 Å². The number of benzene rings is 4. The maximum Gasteiger partial charge on any atom is 0.343 e. The minimum atomic E-state index is -0.696. The molecule has 6 rings (SSSR count). The van der Waals surface area contributed by atoms with Crippen LogP contribution in [0.3, 0.4) is 0 Å². The number of fused-ring (bicyclic) bond motifs is 1. The summed E-state index contributed by atoms with van der Waals surface area (Å²) >= 11 is 0. The first kappa shape index (κ1) is 32.4. The van der Waals surface area contributed by atoms with Crippen LogP contribution in [-0.2, 0) is 30.4 Å². The maximum absolute atomic E-state index is 12.9. The van der Waals surface area contributed by atoms with Gasteiger partial charge in [0.2, 0.25) is 0 Å². The van der Waals surface area contributed by atoms with Crippen molar-refractivity contribution in [3.63, 3.8) is 0 Å². The van der Waals surface area contributed by atoms with Gasteiger partial charge in [-0.1, -0.05) is 61.7 Å². The Morgan fingerprint density at radius 2 is 1.04 bits per heavy atom. The van der Waals surface area contributed by atoms with Gasteiger partial charge in [0, 0.05) is 0 Å². The summed E-state index contributed by atoms with van der Waals surface area (Å²) in [4.78, 5) is 48.8. The molecule has 4 atom stereocenters. The second-order valence-corrected chi connectivity index (χ2v) is 11.0. The first-order chi connectivity index (χ1) is 23.4. The van der Waals surface area contributed by atoms with Gasteiger partial charge in [0.25, 0.3) is 0 Å². The van der Waals surface area contributed by atoms with Crippen molar-refractivity contribution in [1.29, 1.82) is 0 Å². The van der Waals surface area contributed by atoms with Crippen molar-refractivity contribution >= 4 is 30.1 Å². The summed E-state index contributed by atoms with van der Waals surface area (Å²) < 4.78 is 28.4. The highest BCUT2D eigenvalue weighted by Gasteiger charge is 2.51. The zero-order chi connectivity index (χ0) is 33.5. The minimum absolute atomic E-state index is 0.0832. The molecule has 48 heavy (non-hydrogen) atoms. The molecule has 0 bridgehead atoms. The van der Waals surface area contributed by atoms with Crippen LogP contribution in [0.2, 0.25) is 0 Å². The van der Waals surface area contributed by atoms with Gasteiger partial charge in [-0.25, -0.2) is 14.4 Å². The van der Waals surface area contributed by atoms with Crippen molar-refractivity contribution in [2.75, 3.05) is 13.2 Å². The molecule has 0 unspecified atom stereocenters. The number of carbonyl (C=O) groups is 3. The van der Waals surface area contributed by atoms with Crippen LogP contribution in [0.25, 0.3) is 12.2 Å². The van der Waals surface area contributed by atoms with E-state index in [1.807, 2.05) is 24.3 Å². The van der Waals surface area contributed by atoms with Crippen molar-refractivity contribution in [2.24, 2.45) is 0 Å². The van der Waals surface area contributed by atoms with Crippen molar-refractivity contribution in [3.05, 3.63) is 144 Å². The SMILES string of the molecule is C=Cc1ccc(COOc2ccc(C(=O)O[C@@H]3CO[C@@H]4[C@H]3OC[C@H]4OC(=O)c3ccc(OC(=O)c4ccc(C=C)cc4)cc3)cc2)cc1. The molecule has 0 amide bonds. The van der Waals surface area contributed by atoms with Gasteiger partial charge in [0.15, 0.2) is 18.0 Å². The lowest BCUT2D eigenvalue weighted by atomic mass is 10.1. The summed E-state index contributed by atoms with van der Waals surface area (Å²) in [5.41, 5.74) is 3.79. The fourth-order valence-corrected chi connectivity index (χ4v) is 5.18. The standard InChI is InChI=1S/C38H32O10/c1-3-24-5-7-26(8-6-24)21-44-48-31-19-15-29(16-20-31)38(41)47-33-23-43-34-32(22-42-35(33)34)46-37(40)28-13-17-30(18-14-28)45-36(39)27-11-9-25(4-2)10-12-27/h3-20,32-35H,1-2,21-23H2/t32-,33-,34+,35+/m1/s1.